The Morgan fingerprint density at radius 2 is 1.85 bits per heavy atom. The van der Waals surface area contributed by atoms with Gasteiger partial charge in [-0.3, -0.25) is 9.59 Å². The van der Waals surface area contributed by atoms with Crippen molar-refractivity contribution >= 4 is 22.7 Å². The number of nitrogens with zero attached hydrogens (tertiary/aromatic N) is 2. The van der Waals surface area contributed by atoms with Crippen LogP contribution in [0.1, 0.15) is 41.6 Å². The predicted octanol–water partition coefficient (Wildman–Crippen LogP) is 3.69. The third-order valence-corrected chi connectivity index (χ3v) is 4.61. The third kappa shape index (κ3) is 3.99. The van der Waals surface area contributed by atoms with E-state index in [0.717, 1.165) is 16.5 Å². The number of aromatic nitrogens is 2. The van der Waals surface area contributed by atoms with Gasteiger partial charge in [-0.1, -0.05) is 49.4 Å². The molecular formula is C21H23N3O2. The van der Waals surface area contributed by atoms with Crippen molar-refractivity contribution in [1.29, 1.82) is 0 Å². The highest BCUT2D eigenvalue weighted by molar-refractivity contribution is 5.93. The van der Waals surface area contributed by atoms with Crippen molar-refractivity contribution in [3.8, 4) is 0 Å². The van der Waals surface area contributed by atoms with Crippen LogP contribution < -0.4 is 5.32 Å². The summed E-state index contributed by atoms with van der Waals surface area (Å²) in [6, 6.07) is 15.8. The van der Waals surface area contributed by atoms with Crippen LogP contribution in [0.3, 0.4) is 0 Å². The highest BCUT2D eigenvalue weighted by atomic mass is 16.2. The molecule has 26 heavy (non-hydrogen) atoms. The Morgan fingerprint density at radius 1 is 1.08 bits per heavy atom. The standard InChI is InChI=1S/C21H23N3O2/c1-15-7-6-10-19-18(15)14-23-24(19)21(26)12-11-20(25)22-13-16(2)17-8-4-3-5-9-17/h3-10,14,16H,11-13H2,1-2H3,(H,22,25)/t16-/m1/s1. The number of carbonyl (C=O) groups is 2. The normalized spacial score (nSPS) is 12.1. The summed E-state index contributed by atoms with van der Waals surface area (Å²) in [5.74, 6) is -0.0560. The van der Waals surface area contributed by atoms with Gasteiger partial charge in [0.1, 0.15) is 0 Å². The van der Waals surface area contributed by atoms with Crippen LogP contribution in [0.4, 0.5) is 0 Å². The average Bonchev–Trinajstić information content (AvgIpc) is 3.10. The van der Waals surface area contributed by atoms with Crippen molar-refractivity contribution in [2.24, 2.45) is 0 Å². The molecule has 1 atom stereocenters. The van der Waals surface area contributed by atoms with Gasteiger partial charge in [0.05, 0.1) is 11.7 Å². The lowest BCUT2D eigenvalue weighted by Gasteiger charge is -2.13. The second-order valence-electron chi connectivity index (χ2n) is 6.57. The molecule has 2 aromatic carbocycles. The smallest absolute Gasteiger partial charge is 0.247 e. The van der Waals surface area contributed by atoms with Crippen molar-refractivity contribution in [3.05, 3.63) is 65.9 Å². The third-order valence-electron chi connectivity index (χ3n) is 4.61. The van der Waals surface area contributed by atoms with Gasteiger partial charge in [0.2, 0.25) is 11.8 Å². The number of rotatable bonds is 6. The molecule has 1 amide bonds. The molecule has 1 N–H and O–H groups in total. The minimum Gasteiger partial charge on any atom is -0.355 e. The molecule has 3 rings (SSSR count). The summed E-state index contributed by atoms with van der Waals surface area (Å²) in [5.41, 5.74) is 3.05. The first kappa shape index (κ1) is 17.9. The second-order valence-corrected chi connectivity index (χ2v) is 6.57. The Kier molecular flexibility index (Phi) is 5.46. The van der Waals surface area contributed by atoms with Gasteiger partial charge in [-0.05, 0) is 30.0 Å². The second kappa shape index (κ2) is 7.95. The van der Waals surface area contributed by atoms with Crippen LogP contribution in [-0.4, -0.2) is 28.1 Å². The Bertz CT molecular complexity index is 915. The monoisotopic (exact) mass is 349 g/mol. The van der Waals surface area contributed by atoms with E-state index in [4.69, 9.17) is 0 Å². The lowest BCUT2D eigenvalue weighted by atomic mass is 10.0. The molecule has 0 spiro atoms. The minimum absolute atomic E-state index is 0.117. The number of nitrogens with one attached hydrogen (secondary N) is 1. The summed E-state index contributed by atoms with van der Waals surface area (Å²) in [5, 5.41) is 8.05. The molecule has 5 nitrogen and oxygen atoms in total. The van der Waals surface area contributed by atoms with E-state index in [1.165, 1.54) is 10.2 Å². The van der Waals surface area contributed by atoms with E-state index in [0.29, 0.717) is 6.54 Å². The first-order valence-electron chi connectivity index (χ1n) is 8.84. The predicted molar refractivity (Wildman–Crippen MR) is 102 cm³/mol. The van der Waals surface area contributed by atoms with Crippen molar-refractivity contribution in [2.75, 3.05) is 6.54 Å². The maximum atomic E-state index is 12.4. The maximum absolute atomic E-state index is 12.4. The SMILES string of the molecule is Cc1cccc2c1cnn2C(=O)CCC(=O)NC[C@@H](C)c1ccccc1. The van der Waals surface area contributed by atoms with Crippen LogP contribution >= 0.6 is 0 Å². The summed E-state index contributed by atoms with van der Waals surface area (Å²) in [4.78, 5) is 24.5. The number of amides is 1. The molecule has 1 aromatic heterocycles. The van der Waals surface area contributed by atoms with E-state index in [9.17, 15) is 9.59 Å². The highest BCUT2D eigenvalue weighted by Crippen LogP contribution is 2.18. The largest absolute Gasteiger partial charge is 0.355 e. The molecule has 0 fully saturated rings. The molecule has 0 unspecified atom stereocenters. The summed E-state index contributed by atoms with van der Waals surface area (Å²) in [6.45, 7) is 4.61. The zero-order valence-electron chi connectivity index (χ0n) is 15.1. The number of hydrogen-bond donors (Lipinski definition) is 1. The molecular weight excluding hydrogens is 326 g/mol. The van der Waals surface area contributed by atoms with Gasteiger partial charge in [-0.2, -0.15) is 5.10 Å². The van der Waals surface area contributed by atoms with Gasteiger partial charge in [-0.25, -0.2) is 4.68 Å². The van der Waals surface area contributed by atoms with Crippen molar-refractivity contribution < 1.29 is 9.59 Å². The van der Waals surface area contributed by atoms with Crippen molar-refractivity contribution in [3.63, 3.8) is 0 Å². The molecule has 1 heterocycles. The average molecular weight is 349 g/mol. The maximum Gasteiger partial charge on any atom is 0.247 e. The Labute approximate surface area is 153 Å². The molecule has 0 saturated heterocycles. The van der Waals surface area contributed by atoms with Crippen LogP contribution in [0.25, 0.3) is 10.9 Å². The minimum atomic E-state index is -0.170. The van der Waals surface area contributed by atoms with Crippen molar-refractivity contribution in [1.82, 2.24) is 15.1 Å². The van der Waals surface area contributed by atoms with E-state index < -0.39 is 0 Å². The van der Waals surface area contributed by atoms with Gasteiger partial charge in [0.25, 0.3) is 0 Å². The topological polar surface area (TPSA) is 64.0 Å². The molecule has 0 aliphatic rings. The van der Waals surface area contributed by atoms with E-state index >= 15 is 0 Å². The summed E-state index contributed by atoms with van der Waals surface area (Å²) in [6.07, 6.45) is 1.99. The first-order valence-corrected chi connectivity index (χ1v) is 8.84. The fourth-order valence-electron chi connectivity index (χ4n) is 2.98. The lowest BCUT2D eigenvalue weighted by molar-refractivity contribution is -0.121. The Balaban J connectivity index is 1.52. The number of fused-ring (bicyclic) bond motifs is 1. The van der Waals surface area contributed by atoms with Gasteiger partial charge in [-0.15, -0.1) is 0 Å². The quantitative estimate of drug-likeness (QED) is 0.738. The Morgan fingerprint density at radius 3 is 2.62 bits per heavy atom. The molecule has 0 aliphatic carbocycles. The van der Waals surface area contributed by atoms with Crippen molar-refractivity contribution in [2.45, 2.75) is 32.6 Å². The number of hydrogen-bond acceptors (Lipinski definition) is 3. The summed E-state index contributed by atoms with van der Waals surface area (Å²) >= 11 is 0. The first-order chi connectivity index (χ1) is 12.6. The molecule has 5 heteroatoms. The Hall–Kier alpha value is -2.95. The van der Waals surface area contributed by atoms with Gasteiger partial charge >= 0.3 is 0 Å². The number of aryl methyl sites for hydroxylation is 1. The molecule has 0 saturated carbocycles. The fourth-order valence-corrected chi connectivity index (χ4v) is 2.98. The van der Waals surface area contributed by atoms with E-state index in [2.05, 4.69) is 17.3 Å². The van der Waals surface area contributed by atoms with Gasteiger partial charge in [0.15, 0.2) is 0 Å². The molecule has 134 valence electrons. The van der Waals surface area contributed by atoms with E-state index in [1.54, 1.807) is 6.20 Å². The van der Waals surface area contributed by atoms with E-state index in [-0.39, 0.29) is 30.6 Å². The van der Waals surface area contributed by atoms with Gasteiger partial charge in [0, 0.05) is 24.8 Å². The zero-order valence-corrected chi connectivity index (χ0v) is 15.1. The fraction of sp³-hybridized carbons (Fsp3) is 0.286. The lowest BCUT2D eigenvalue weighted by Crippen LogP contribution is -2.28. The van der Waals surface area contributed by atoms with Crippen LogP contribution in [-0.2, 0) is 4.79 Å². The molecule has 0 radical (unpaired) electrons. The number of benzene rings is 2. The summed E-state index contributed by atoms with van der Waals surface area (Å²) in [7, 11) is 0. The number of carbonyl (C=O) groups excluding carboxylic acids is 2. The highest BCUT2D eigenvalue weighted by Gasteiger charge is 2.14. The van der Waals surface area contributed by atoms with Gasteiger partial charge < -0.3 is 5.32 Å². The molecule has 3 aromatic rings. The van der Waals surface area contributed by atoms with Crippen LogP contribution in [0, 0.1) is 6.92 Å². The van der Waals surface area contributed by atoms with Crippen LogP contribution in [0.5, 0.6) is 0 Å². The molecule has 0 aliphatic heterocycles. The van der Waals surface area contributed by atoms with Crippen LogP contribution in [0.2, 0.25) is 0 Å². The zero-order chi connectivity index (χ0) is 18.5. The van der Waals surface area contributed by atoms with Crippen LogP contribution in [0.15, 0.2) is 54.7 Å². The van der Waals surface area contributed by atoms with E-state index in [1.807, 2.05) is 55.5 Å². The summed E-state index contributed by atoms with van der Waals surface area (Å²) < 4.78 is 1.39. The molecule has 0 bridgehead atoms.